The van der Waals surface area contributed by atoms with E-state index in [-0.39, 0.29) is 6.15 Å². The highest BCUT2D eigenvalue weighted by Crippen LogP contribution is 2.14. The number of hydrogen-bond acceptors (Lipinski definition) is 1. The predicted molar refractivity (Wildman–Crippen MR) is 36.6 cm³/mol. The number of rotatable bonds is 0. The van der Waals surface area contributed by atoms with Crippen molar-refractivity contribution in [3.05, 3.63) is 29.1 Å². The lowest BCUT2D eigenvalue weighted by Crippen LogP contribution is -2.20. The molecule has 0 atom stereocenters. The fourth-order valence-corrected chi connectivity index (χ4v) is 0.622. The molecule has 1 rings (SSSR count). The van der Waals surface area contributed by atoms with Gasteiger partial charge in [0.25, 0.3) is 0 Å². The molecule has 0 aromatic heterocycles. The zero-order chi connectivity index (χ0) is 9.46. The molecule has 0 aliphatic carbocycles. The summed E-state index contributed by atoms with van der Waals surface area (Å²) in [5.41, 5.74) is -1.37. The van der Waals surface area contributed by atoms with Crippen molar-refractivity contribution in [3.8, 4) is 0 Å². The van der Waals surface area contributed by atoms with Crippen LogP contribution < -0.4 is 11.6 Å². The highest BCUT2D eigenvalue weighted by Gasteiger charge is 2.22. The summed E-state index contributed by atoms with van der Waals surface area (Å²) < 4.78 is 61.1. The SMILES string of the molecule is N.[B]c1c(F)c(F)c(F)c(F)c1F. The Balaban J connectivity index is 0.00000144. The van der Waals surface area contributed by atoms with Gasteiger partial charge < -0.3 is 6.15 Å². The van der Waals surface area contributed by atoms with Crippen molar-refractivity contribution in [1.82, 2.24) is 6.15 Å². The first-order chi connectivity index (χ1) is 5.46. The van der Waals surface area contributed by atoms with Crippen molar-refractivity contribution in [3.63, 3.8) is 0 Å². The zero-order valence-corrected chi connectivity index (χ0v) is 6.17. The Morgan fingerprint density at radius 3 is 1.15 bits per heavy atom. The first-order valence-corrected chi connectivity index (χ1v) is 2.73. The summed E-state index contributed by atoms with van der Waals surface area (Å²) in [6, 6.07) is 0. The van der Waals surface area contributed by atoms with Crippen LogP contribution in [0.15, 0.2) is 0 Å². The molecule has 1 aromatic rings. The van der Waals surface area contributed by atoms with E-state index in [0.29, 0.717) is 0 Å². The third-order valence-corrected chi connectivity index (χ3v) is 1.24. The van der Waals surface area contributed by atoms with Crippen molar-refractivity contribution >= 4 is 13.3 Å². The smallest absolute Gasteiger partial charge is 0.200 e. The van der Waals surface area contributed by atoms with E-state index < -0.39 is 34.5 Å². The van der Waals surface area contributed by atoms with Crippen LogP contribution in [0, 0.1) is 29.1 Å². The average Bonchev–Trinajstić information content (AvgIpc) is 2.08. The second-order valence-electron chi connectivity index (χ2n) is 1.98. The molecule has 7 heteroatoms. The quantitative estimate of drug-likeness (QED) is 0.288. The van der Waals surface area contributed by atoms with Crippen LogP contribution in [0.1, 0.15) is 0 Å². The molecular weight excluding hydrogens is 192 g/mol. The molecule has 0 saturated carbocycles. The molecular formula is C6H3BF5N. The molecule has 2 radical (unpaired) electrons. The Morgan fingerprint density at radius 2 is 0.846 bits per heavy atom. The minimum absolute atomic E-state index is 0. The summed E-state index contributed by atoms with van der Waals surface area (Å²) in [5.74, 6) is -10.3. The monoisotopic (exact) mass is 195 g/mol. The number of halogens is 5. The number of benzene rings is 1. The standard InChI is InChI=1S/C6BF5.H3N/c7-1-2(8)4(10)6(12)5(11)3(1)9;/h;1H3. The highest BCUT2D eigenvalue weighted by molar-refractivity contribution is 6.32. The molecule has 0 amide bonds. The molecule has 0 aliphatic heterocycles. The molecule has 0 bridgehead atoms. The van der Waals surface area contributed by atoms with Crippen molar-refractivity contribution in [1.29, 1.82) is 0 Å². The van der Waals surface area contributed by atoms with E-state index in [1.807, 2.05) is 0 Å². The predicted octanol–water partition coefficient (Wildman–Crippen LogP) is 1.34. The van der Waals surface area contributed by atoms with Crippen molar-refractivity contribution < 1.29 is 22.0 Å². The Kier molecular flexibility index (Phi) is 3.42. The van der Waals surface area contributed by atoms with Crippen LogP contribution in [0.5, 0.6) is 0 Å². The Hall–Kier alpha value is -1.11. The van der Waals surface area contributed by atoms with Crippen molar-refractivity contribution in [2.45, 2.75) is 0 Å². The van der Waals surface area contributed by atoms with Gasteiger partial charge in [-0.15, -0.1) is 0 Å². The van der Waals surface area contributed by atoms with Crippen molar-refractivity contribution in [2.75, 3.05) is 0 Å². The Labute approximate surface area is 71.5 Å². The second kappa shape index (κ2) is 3.74. The van der Waals surface area contributed by atoms with Crippen LogP contribution in [0.4, 0.5) is 22.0 Å². The maximum Gasteiger partial charge on any atom is 0.200 e. The minimum Gasteiger partial charge on any atom is -0.344 e. The zero-order valence-electron chi connectivity index (χ0n) is 6.17. The molecule has 0 saturated heterocycles. The lowest BCUT2D eigenvalue weighted by molar-refractivity contribution is 0.384. The molecule has 0 unspecified atom stereocenters. The molecule has 1 aromatic carbocycles. The van der Waals surface area contributed by atoms with Gasteiger partial charge in [0.05, 0.1) is 0 Å². The van der Waals surface area contributed by atoms with Crippen LogP contribution >= 0.6 is 0 Å². The lowest BCUT2D eigenvalue weighted by atomic mass is 9.94. The van der Waals surface area contributed by atoms with E-state index >= 15 is 0 Å². The van der Waals surface area contributed by atoms with Crippen LogP contribution in [0.2, 0.25) is 0 Å². The van der Waals surface area contributed by atoms with Gasteiger partial charge in [0, 0.05) is 0 Å². The molecule has 3 N–H and O–H groups in total. The van der Waals surface area contributed by atoms with Gasteiger partial charge in [-0.1, -0.05) is 0 Å². The number of hydrogen-bond donors (Lipinski definition) is 1. The van der Waals surface area contributed by atoms with Crippen LogP contribution in [0.3, 0.4) is 0 Å². The van der Waals surface area contributed by atoms with E-state index in [9.17, 15) is 22.0 Å². The first kappa shape index (κ1) is 11.9. The van der Waals surface area contributed by atoms with E-state index in [0.717, 1.165) is 0 Å². The van der Waals surface area contributed by atoms with Crippen LogP contribution in [-0.2, 0) is 0 Å². The summed E-state index contributed by atoms with van der Waals surface area (Å²) in [5, 5.41) is 0. The fourth-order valence-electron chi connectivity index (χ4n) is 0.622. The lowest BCUT2D eigenvalue weighted by Gasteiger charge is -2.02. The highest BCUT2D eigenvalue weighted by atomic mass is 19.2. The van der Waals surface area contributed by atoms with Crippen molar-refractivity contribution in [2.24, 2.45) is 0 Å². The third kappa shape index (κ3) is 1.64. The average molecular weight is 195 g/mol. The molecule has 1 nitrogen and oxygen atoms in total. The van der Waals surface area contributed by atoms with Gasteiger partial charge in [-0.3, -0.25) is 0 Å². The van der Waals surface area contributed by atoms with Crippen LogP contribution in [-0.4, -0.2) is 7.85 Å². The van der Waals surface area contributed by atoms with E-state index in [4.69, 9.17) is 0 Å². The topological polar surface area (TPSA) is 35.0 Å². The minimum atomic E-state index is -2.21. The van der Waals surface area contributed by atoms with Gasteiger partial charge in [0.1, 0.15) is 7.85 Å². The van der Waals surface area contributed by atoms with Gasteiger partial charge in [-0.25, -0.2) is 22.0 Å². The van der Waals surface area contributed by atoms with Gasteiger partial charge in [0.15, 0.2) is 29.1 Å². The summed E-state index contributed by atoms with van der Waals surface area (Å²) >= 11 is 0. The maximum atomic E-state index is 12.3. The summed E-state index contributed by atoms with van der Waals surface area (Å²) in [6.07, 6.45) is 0. The largest absolute Gasteiger partial charge is 0.344 e. The molecule has 0 spiro atoms. The molecule has 70 valence electrons. The van der Waals surface area contributed by atoms with Gasteiger partial charge in [0.2, 0.25) is 0 Å². The van der Waals surface area contributed by atoms with Crippen LogP contribution in [0.25, 0.3) is 0 Å². The van der Waals surface area contributed by atoms with Gasteiger partial charge in [-0.2, -0.15) is 0 Å². The summed E-state index contributed by atoms with van der Waals surface area (Å²) in [4.78, 5) is 0. The third-order valence-electron chi connectivity index (χ3n) is 1.24. The van der Waals surface area contributed by atoms with E-state index in [2.05, 4.69) is 7.85 Å². The Morgan fingerprint density at radius 1 is 0.615 bits per heavy atom. The first-order valence-electron chi connectivity index (χ1n) is 2.73. The summed E-state index contributed by atoms with van der Waals surface area (Å²) in [6.45, 7) is 0. The molecule has 0 fully saturated rings. The Bertz CT molecular complexity index is 235. The summed E-state index contributed by atoms with van der Waals surface area (Å²) in [7, 11) is 4.56. The maximum absolute atomic E-state index is 12.3. The molecule has 0 aliphatic rings. The van der Waals surface area contributed by atoms with E-state index in [1.54, 1.807) is 0 Å². The van der Waals surface area contributed by atoms with E-state index in [1.165, 1.54) is 0 Å². The van der Waals surface area contributed by atoms with Gasteiger partial charge in [-0.05, 0) is 5.46 Å². The molecule has 13 heavy (non-hydrogen) atoms. The molecule has 0 heterocycles. The second-order valence-corrected chi connectivity index (χ2v) is 1.98. The fraction of sp³-hybridized carbons (Fsp3) is 0. The van der Waals surface area contributed by atoms with Gasteiger partial charge >= 0.3 is 0 Å². The normalized spacial score (nSPS) is 9.62.